The maximum absolute atomic E-state index is 5.27. The third-order valence-electron chi connectivity index (χ3n) is 1.68. The SMILES string of the molecule is CNc1nnc(C2=CC=CCN2)o1. The van der Waals surface area contributed by atoms with Gasteiger partial charge in [0.25, 0.3) is 5.89 Å². The summed E-state index contributed by atoms with van der Waals surface area (Å²) in [4.78, 5) is 0. The third-order valence-corrected chi connectivity index (χ3v) is 1.68. The summed E-state index contributed by atoms with van der Waals surface area (Å²) in [5, 5.41) is 13.5. The van der Waals surface area contributed by atoms with E-state index in [9.17, 15) is 0 Å². The summed E-state index contributed by atoms with van der Waals surface area (Å²) in [6.45, 7) is 0.795. The summed E-state index contributed by atoms with van der Waals surface area (Å²) in [7, 11) is 1.74. The van der Waals surface area contributed by atoms with Gasteiger partial charge in [0.1, 0.15) is 0 Å². The van der Waals surface area contributed by atoms with Crippen molar-refractivity contribution in [1.82, 2.24) is 15.5 Å². The van der Waals surface area contributed by atoms with E-state index in [1.54, 1.807) is 7.05 Å². The lowest BCUT2D eigenvalue weighted by Crippen LogP contribution is -2.14. The van der Waals surface area contributed by atoms with E-state index in [1.807, 2.05) is 18.2 Å². The first kappa shape index (κ1) is 7.85. The van der Waals surface area contributed by atoms with Gasteiger partial charge in [-0.1, -0.05) is 17.3 Å². The Morgan fingerprint density at radius 3 is 3.08 bits per heavy atom. The van der Waals surface area contributed by atoms with Crippen LogP contribution >= 0.6 is 0 Å². The number of aromatic nitrogens is 2. The minimum atomic E-state index is 0.423. The van der Waals surface area contributed by atoms with Gasteiger partial charge < -0.3 is 15.1 Å². The Labute approximate surface area is 75.5 Å². The quantitative estimate of drug-likeness (QED) is 0.694. The first-order valence-corrected chi connectivity index (χ1v) is 4.02. The first-order chi connectivity index (χ1) is 6.40. The number of nitrogens with zero attached hydrogens (tertiary/aromatic N) is 2. The highest BCUT2D eigenvalue weighted by Crippen LogP contribution is 2.13. The Hall–Kier alpha value is -1.78. The molecule has 1 aliphatic rings. The number of anilines is 1. The third kappa shape index (κ3) is 1.53. The second kappa shape index (κ2) is 3.30. The van der Waals surface area contributed by atoms with Crippen molar-refractivity contribution in [1.29, 1.82) is 0 Å². The molecule has 0 radical (unpaired) electrons. The topological polar surface area (TPSA) is 63.0 Å². The lowest BCUT2D eigenvalue weighted by atomic mass is 10.3. The molecule has 5 nitrogen and oxygen atoms in total. The van der Waals surface area contributed by atoms with Crippen LogP contribution in [0, 0.1) is 0 Å². The minimum Gasteiger partial charge on any atom is -0.402 e. The lowest BCUT2D eigenvalue weighted by molar-refractivity contribution is 0.548. The average molecular weight is 178 g/mol. The smallest absolute Gasteiger partial charge is 0.315 e. The lowest BCUT2D eigenvalue weighted by Gasteiger charge is -2.06. The van der Waals surface area contributed by atoms with Crippen LogP contribution in [-0.4, -0.2) is 23.8 Å². The van der Waals surface area contributed by atoms with Gasteiger partial charge in [0.15, 0.2) is 0 Å². The molecule has 1 aromatic heterocycles. The zero-order valence-electron chi connectivity index (χ0n) is 7.24. The maximum atomic E-state index is 5.27. The Morgan fingerprint density at radius 1 is 1.54 bits per heavy atom. The fourth-order valence-electron chi connectivity index (χ4n) is 1.04. The van der Waals surface area contributed by atoms with E-state index in [-0.39, 0.29) is 0 Å². The highest BCUT2D eigenvalue weighted by molar-refractivity contribution is 5.60. The van der Waals surface area contributed by atoms with Gasteiger partial charge in [-0.15, -0.1) is 5.10 Å². The largest absolute Gasteiger partial charge is 0.402 e. The molecule has 13 heavy (non-hydrogen) atoms. The van der Waals surface area contributed by atoms with Gasteiger partial charge in [0.2, 0.25) is 0 Å². The molecule has 0 saturated heterocycles. The maximum Gasteiger partial charge on any atom is 0.315 e. The number of hydrogen-bond acceptors (Lipinski definition) is 5. The second-order valence-corrected chi connectivity index (χ2v) is 2.55. The van der Waals surface area contributed by atoms with Gasteiger partial charge in [-0.25, -0.2) is 0 Å². The number of nitrogens with one attached hydrogen (secondary N) is 2. The summed E-state index contributed by atoms with van der Waals surface area (Å²) in [5.74, 6) is 0.508. The van der Waals surface area contributed by atoms with Crippen LogP contribution in [0.25, 0.3) is 5.70 Å². The molecule has 1 aromatic rings. The van der Waals surface area contributed by atoms with Crippen LogP contribution in [0.1, 0.15) is 5.89 Å². The van der Waals surface area contributed by atoms with E-state index in [0.29, 0.717) is 11.9 Å². The molecule has 0 aromatic carbocycles. The van der Waals surface area contributed by atoms with Crippen LogP contribution in [0.2, 0.25) is 0 Å². The normalized spacial score (nSPS) is 15.0. The Kier molecular flexibility index (Phi) is 1.99. The molecule has 0 atom stereocenters. The zero-order valence-corrected chi connectivity index (χ0v) is 7.24. The van der Waals surface area contributed by atoms with Crippen LogP contribution in [0.3, 0.4) is 0 Å². The molecule has 2 heterocycles. The zero-order chi connectivity index (χ0) is 9.10. The monoisotopic (exact) mass is 178 g/mol. The first-order valence-electron chi connectivity index (χ1n) is 4.02. The highest BCUT2D eigenvalue weighted by atomic mass is 16.4. The Bertz CT molecular complexity index is 353. The fourth-order valence-corrected chi connectivity index (χ4v) is 1.04. The summed E-state index contributed by atoms with van der Waals surface area (Å²) >= 11 is 0. The van der Waals surface area contributed by atoms with Gasteiger partial charge in [-0.3, -0.25) is 0 Å². The molecule has 0 aliphatic carbocycles. The molecule has 0 fully saturated rings. The van der Waals surface area contributed by atoms with Crippen molar-refractivity contribution in [3.63, 3.8) is 0 Å². The number of dihydropyridines is 1. The number of hydrogen-bond donors (Lipinski definition) is 2. The standard InChI is InChI=1S/C8H10N4O/c1-9-8-12-11-7(13-8)6-4-2-3-5-10-6/h2-4,10H,5H2,1H3,(H,9,12). The molecule has 2 rings (SSSR count). The molecule has 0 amide bonds. The van der Waals surface area contributed by atoms with Crippen LogP contribution in [-0.2, 0) is 0 Å². The molecule has 68 valence electrons. The van der Waals surface area contributed by atoms with Crippen molar-refractivity contribution in [2.75, 3.05) is 18.9 Å². The highest BCUT2D eigenvalue weighted by Gasteiger charge is 2.09. The summed E-state index contributed by atoms with van der Waals surface area (Å²) < 4.78 is 5.27. The molecule has 0 bridgehead atoms. The van der Waals surface area contributed by atoms with Crippen molar-refractivity contribution >= 4 is 11.7 Å². The van der Waals surface area contributed by atoms with E-state index < -0.39 is 0 Å². The molecular formula is C8H10N4O. The molecular weight excluding hydrogens is 168 g/mol. The van der Waals surface area contributed by atoms with Crippen molar-refractivity contribution < 1.29 is 4.42 Å². The predicted octanol–water partition coefficient (Wildman–Crippen LogP) is 0.612. The fraction of sp³-hybridized carbons (Fsp3) is 0.250. The van der Waals surface area contributed by atoms with Crippen LogP contribution in [0.15, 0.2) is 22.6 Å². The van der Waals surface area contributed by atoms with Crippen molar-refractivity contribution in [3.8, 4) is 0 Å². The molecule has 1 aliphatic heterocycles. The summed E-state index contributed by atoms with van der Waals surface area (Å²) in [5.41, 5.74) is 0.858. The van der Waals surface area contributed by atoms with Crippen LogP contribution in [0.5, 0.6) is 0 Å². The van der Waals surface area contributed by atoms with E-state index in [0.717, 1.165) is 12.2 Å². The second-order valence-electron chi connectivity index (χ2n) is 2.55. The van der Waals surface area contributed by atoms with Crippen LogP contribution < -0.4 is 10.6 Å². The van der Waals surface area contributed by atoms with Crippen molar-refractivity contribution in [2.24, 2.45) is 0 Å². The van der Waals surface area contributed by atoms with Crippen molar-refractivity contribution in [3.05, 3.63) is 24.1 Å². The van der Waals surface area contributed by atoms with E-state index >= 15 is 0 Å². The van der Waals surface area contributed by atoms with E-state index in [1.165, 1.54) is 0 Å². The number of allylic oxidation sites excluding steroid dienone is 2. The molecule has 0 saturated carbocycles. The average Bonchev–Trinajstić information content (AvgIpc) is 2.67. The summed E-state index contributed by atoms with van der Waals surface area (Å²) in [6, 6.07) is 0.423. The van der Waals surface area contributed by atoms with Crippen molar-refractivity contribution in [2.45, 2.75) is 0 Å². The molecule has 0 unspecified atom stereocenters. The Morgan fingerprint density at radius 2 is 2.46 bits per heavy atom. The van der Waals surface area contributed by atoms with E-state index in [2.05, 4.69) is 20.8 Å². The molecule has 2 N–H and O–H groups in total. The minimum absolute atomic E-state index is 0.423. The molecule has 0 spiro atoms. The summed E-state index contributed by atoms with van der Waals surface area (Å²) in [6.07, 6.45) is 5.87. The van der Waals surface area contributed by atoms with Gasteiger partial charge in [-0.05, 0) is 6.08 Å². The van der Waals surface area contributed by atoms with Gasteiger partial charge >= 0.3 is 6.01 Å². The molecule has 5 heteroatoms. The van der Waals surface area contributed by atoms with Gasteiger partial charge in [-0.2, -0.15) is 0 Å². The van der Waals surface area contributed by atoms with Gasteiger partial charge in [0.05, 0.1) is 5.70 Å². The van der Waals surface area contributed by atoms with Crippen LogP contribution in [0.4, 0.5) is 6.01 Å². The van der Waals surface area contributed by atoms with Gasteiger partial charge in [0, 0.05) is 13.6 Å². The van der Waals surface area contributed by atoms with E-state index in [4.69, 9.17) is 4.42 Å². The Balaban J connectivity index is 2.24. The predicted molar refractivity (Wildman–Crippen MR) is 49.0 cm³/mol. The number of rotatable bonds is 2.